The Hall–Kier alpha value is -3.19. The number of amides is 1. The SMILES string of the molecule is C=C(C)Cn1c(-c2cccc3ccccc23)nnc1N1CCO[C@@H](C(N)=O)C1. The third-order valence-electron chi connectivity index (χ3n) is 4.86. The largest absolute Gasteiger partial charge is 0.367 e. The molecule has 1 aliphatic heterocycles. The number of carbonyl (C=O) groups excluding carboxylic acids is 1. The lowest BCUT2D eigenvalue weighted by atomic mass is 10.0. The number of hydrogen-bond donors (Lipinski definition) is 1. The lowest BCUT2D eigenvalue weighted by molar-refractivity contribution is -0.130. The molecule has 0 saturated carbocycles. The van der Waals surface area contributed by atoms with Crippen LogP contribution in [0.1, 0.15) is 6.92 Å². The number of fused-ring (bicyclic) bond motifs is 1. The van der Waals surface area contributed by atoms with Crippen LogP contribution < -0.4 is 10.6 Å². The van der Waals surface area contributed by atoms with Crippen molar-refractivity contribution in [2.24, 2.45) is 5.73 Å². The van der Waals surface area contributed by atoms with Crippen molar-refractivity contribution in [3.63, 3.8) is 0 Å². The Morgan fingerprint density at radius 2 is 2.04 bits per heavy atom. The van der Waals surface area contributed by atoms with Crippen molar-refractivity contribution in [3.05, 3.63) is 54.6 Å². The Bertz CT molecular complexity index is 1040. The molecule has 7 nitrogen and oxygen atoms in total. The van der Waals surface area contributed by atoms with Gasteiger partial charge in [-0.25, -0.2) is 0 Å². The number of hydrogen-bond acceptors (Lipinski definition) is 5. The number of allylic oxidation sites excluding steroid dienone is 1. The van der Waals surface area contributed by atoms with Crippen LogP contribution in [0.2, 0.25) is 0 Å². The lowest BCUT2D eigenvalue weighted by Gasteiger charge is -2.32. The van der Waals surface area contributed by atoms with Crippen LogP contribution in [0.15, 0.2) is 54.6 Å². The normalized spacial score (nSPS) is 17.0. The van der Waals surface area contributed by atoms with E-state index < -0.39 is 12.0 Å². The summed E-state index contributed by atoms with van der Waals surface area (Å²) in [6, 6.07) is 14.4. The van der Waals surface area contributed by atoms with Crippen LogP contribution in [0, 0.1) is 0 Å². The number of benzene rings is 2. The molecule has 0 aliphatic carbocycles. The Morgan fingerprint density at radius 3 is 2.82 bits per heavy atom. The van der Waals surface area contributed by atoms with Crippen LogP contribution in [0.4, 0.5) is 5.95 Å². The van der Waals surface area contributed by atoms with Crippen molar-refractivity contribution in [2.75, 3.05) is 24.6 Å². The molecule has 0 unspecified atom stereocenters. The van der Waals surface area contributed by atoms with E-state index in [1.807, 2.05) is 34.6 Å². The Balaban J connectivity index is 1.81. The fourth-order valence-electron chi connectivity index (χ4n) is 3.57. The van der Waals surface area contributed by atoms with E-state index >= 15 is 0 Å². The summed E-state index contributed by atoms with van der Waals surface area (Å²) in [7, 11) is 0. The van der Waals surface area contributed by atoms with Crippen molar-refractivity contribution in [2.45, 2.75) is 19.6 Å². The number of rotatable bonds is 5. The zero-order valence-electron chi connectivity index (χ0n) is 15.8. The first-order chi connectivity index (χ1) is 13.5. The maximum Gasteiger partial charge on any atom is 0.248 e. The topological polar surface area (TPSA) is 86.3 Å². The Morgan fingerprint density at radius 1 is 1.25 bits per heavy atom. The fraction of sp³-hybridized carbons (Fsp3) is 0.286. The molecule has 0 spiro atoms. The molecule has 0 bridgehead atoms. The zero-order valence-corrected chi connectivity index (χ0v) is 15.8. The Labute approximate surface area is 163 Å². The van der Waals surface area contributed by atoms with Gasteiger partial charge in [0.2, 0.25) is 11.9 Å². The van der Waals surface area contributed by atoms with Gasteiger partial charge >= 0.3 is 0 Å². The highest BCUT2D eigenvalue weighted by atomic mass is 16.5. The Kier molecular flexibility index (Phi) is 4.83. The number of ether oxygens (including phenoxy) is 1. The maximum absolute atomic E-state index is 11.6. The van der Waals surface area contributed by atoms with Gasteiger partial charge < -0.3 is 15.4 Å². The van der Waals surface area contributed by atoms with Crippen LogP contribution in [0.5, 0.6) is 0 Å². The van der Waals surface area contributed by atoms with Gasteiger partial charge in [-0.1, -0.05) is 54.6 Å². The first-order valence-corrected chi connectivity index (χ1v) is 9.26. The van der Waals surface area contributed by atoms with E-state index in [4.69, 9.17) is 10.5 Å². The van der Waals surface area contributed by atoms with Crippen molar-refractivity contribution >= 4 is 22.6 Å². The minimum absolute atomic E-state index is 0.360. The average molecular weight is 377 g/mol. The van der Waals surface area contributed by atoms with E-state index in [1.165, 1.54) is 0 Å². The molecule has 2 heterocycles. The number of aromatic nitrogens is 3. The molecule has 1 aromatic heterocycles. The summed E-state index contributed by atoms with van der Waals surface area (Å²) in [4.78, 5) is 13.6. The standard InChI is InChI=1S/C21H23N5O2/c1-14(2)12-26-20(17-9-5-7-15-6-3-4-8-16(15)17)23-24-21(26)25-10-11-28-18(13-25)19(22)27/h3-9,18H,1,10-13H2,2H3,(H2,22,27)/t18-/m1/s1. The molecular weight excluding hydrogens is 354 g/mol. The molecule has 1 aliphatic rings. The highest BCUT2D eigenvalue weighted by molar-refractivity contribution is 5.95. The van der Waals surface area contributed by atoms with Gasteiger partial charge in [0.25, 0.3) is 0 Å². The van der Waals surface area contributed by atoms with E-state index in [2.05, 4.69) is 41.0 Å². The third-order valence-corrected chi connectivity index (χ3v) is 4.86. The monoisotopic (exact) mass is 377 g/mol. The van der Waals surface area contributed by atoms with Crippen LogP contribution in [0.3, 0.4) is 0 Å². The molecule has 0 radical (unpaired) electrons. The molecule has 1 fully saturated rings. The van der Waals surface area contributed by atoms with Gasteiger partial charge in [-0.05, 0) is 17.7 Å². The van der Waals surface area contributed by atoms with E-state index in [9.17, 15) is 4.79 Å². The van der Waals surface area contributed by atoms with Crippen molar-refractivity contribution < 1.29 is 9.53 Å². The molecule has 144 valence electrons. The quantitative estimate of drug-likeness (QED) is 0.690. The van der Waals surface area contributed by atoms with E-state index in [0.717, 1.165) is 27.7 Å². The van der Waals surface area contributed by atoms with E-state index in [-0.39, 0.29) is 0 Å². The highest BCUT2D eigenvalue weighted by Crippen LogP contribution is 2.30. The summed E-state index contributed by atoms with van der Waals surface area (Å²) in [6.45, 7) is 8.01. The molecule has 1 atom stereocenters. The number of primary amides is 1. The van der Waals surface area contributed by atoms with Gasteiger partial charge in [0.15, 0.2) is 11.9 Å². The van der Waals surface area contributed by atoms with Crippen molar-refractivity contribution in [1.82, 2.24) is 14.8 Å². The van der Waals surface area contributed by atoms with Crippen LogP contribution in [-0.2, 0) is 16.1 Å². The minimum Gasteiger partial charge on any atom is -0.367 e. The average Bonchev–Trinajstić information content (AvgIpc) is 3.10. The summed E-state index contributed by atoms with van der Waals surface area (Å²) >= 11 is 0. The molecule has 3 aromatic rings. The molecule has 1 saturated heterocycles. The molecule has 4 rings (SSSR count). The van der Waals surface area contributed by atoms with Gasteiger partial charge in [-0.3, -0.25) is 9.36 Å². The first kappa shape index (κ1) is 18.2. The molecule has 1 amide bonds. The number of nitrogens with two attached hydrogens (primary N) is 1. The second-order valence-corrected chi connectivity index (χ2v) is 7.10. The van der Waals surface area contributed by atoms with Crippen LogP contribution >= 0.6 is 0 Å². The van der Waals surface area contributed by atoms with Crippen LogP contribution in [-0.4, -0.2) is 46.5 Å². The molecular formula is C21H23N5O2. The molecule has 2 N–H and O–H groups in total. The first-order valence-electron chi connectivity index (χ1n) is 9.26. The molecule has 7 heteroatoms. The number of morpholine rings is 1. The van der Waals surface area contributed by atoms with E-state index in [1.54, 1.807) is 0 Å². The summed E-state index contributed by atoms with van der Waals surface area (Å²) < 4.78 is 7.52. The molecule has 2 aromatic carbocycles. The third kappa shape index (κ3) is 3.36. The lowest BCUT2D eigenvalue weighted by Crippen LogP contribution is -2.49. The van der Waals surface area contributed by atoms with Gasteiger partial charge in [-0.15, -0.1) is 10.2 Å². The maximum atomic E-state index is 11.6. The van der Waals surface area contributed by atoms with Gasteiger partial charge in [0.05, 0.1) is 13.2 Å². The minimum atomic E-state index is -0.648. The summed E-state index contributed by atoms with van der Waals surface area (Å²) in [5, 5.41) is 11.2. The second kappa shape index (κ2) is 7.44. The van der Waals surface area contributed by atoms with Crippen LogP contribution in [0.25, 0.3) is 22.2 Å². The fourth-order valence-corrected chi connectivity index (χ4v) is 3.57. The van der Waals surface area contributed by atoms with Crippen molar-refractivity contribution in [1.29, 1.82) is 0 Å². The number of nitrogens with zero attached hydrogens (tertiary/aromatic N) is 4. The second-order valence-electron chi connectivity index (χ2n) is 7.10. The summed E-state index contributed by atoms with van der Waals surface area (Å²) in [5.74, 6) is 1.00. The summed E-state index contributed by atoms with van der Waals surface area (Å²) in [6.07, 6.45) is -0.648. The van der Waals surface area contributed by atoms with E-state index in [0.29, 0.717) is 32.2 Å². The van der Waals surface area contributed by atoms with Gasteiger partial charge in [-0.2, -0.15) is 0 Å². The predicted octanol–water partition coefficient (Wildman–Crippen LogP) is 2.36. The summed E-state index contributed by atoms with van der Waals surface area (Å²) in [5.41, 5.74) is 7.44. The predicted molar refractivity (Wildman–Crippen MR) is 109 cm³/mol. The van der Waals surface area contributed by atoms with Gasteiger partial charge in [0.1, 0.15) is 0 Å². The van der Waals surface area contributed by atoms with Gasteiger partial charge in [0, 0.05) is 18.7 Å². The smallest absolute Gasteiger partial charge is 0.248 e. The van der Waals surface area contributed by atoms with Crippen molar-refractivity contribution in [3.8, 4) is 11.4 Å². The molecule has 28 heavy (non-hydrogen) atoms. The number of anilines is 1. The number of carbonyl (C=O) groups is 1. The highest BCUT2D eigenvalue weighted by Gasteiger charge is 2.29. The zero-order chi connectivity index (χ0) is 19.7.